The summed E-state index contributed by atoms with van der Waals surface area (Å²) in [6.45, 7) is 1.82. The summed E-state index contributed by atoms with van der Waals surface area (Å²) < 4.78 is 33.3. The molecule has 4 aromatic rings. The summed E-state index contributed by atoms with van der Waals surface area (Å²) in [6, 6.07) is 26.9. The second-order valence-corrected chi connectivity index (χ2v) is 11.5. The molecule has 1 atom stereocenters. The van der Waals surface area contributed by atoms with Crippen LogP contribution in [-0.4, -0.2) is 19.6 Å². The summed E-state index contributed by atoms with van der Waals surface area (Å²) in [6.07, 6.45) is 0. The molecule has 6 nitrogen and oxygen atoms in total. The number of carbonyl (C=O) groups is 1. The lowest BCUT2D eigenvalue weighted by molar-refractivity contribution is -0.115. The molecule has 0 fully saturated rings. The van der Waals surface area contributed by atoms with Gasteiger partial charge in [-0.3, -0.25) is 9.52 Å². The Morgan fingerprint density at radius 1 is 0.853 bits per heavy atom. The molecule has 1 heterocycles. The van der Waals surface area contributed by atoms with E-state index in [1.165, 1.54) is 11.8 Å². The largest absolute Gasteiger partial charge is 0.457 e. The minimum atomic E-state index is -3.59. The van der Waals surface area contributed by atoms with Gasteiger partial charge in [0.1, 0.15) is 15.7 Å². The molecule has 0 saturated carbocycles. The molecule has 1 unspecified atom stereocenters. The second kappa shape index (κ2) is 10.8. The van der Waals surface area contributed by atoms with E-state index < -0.39 is 10.0 Å². The van der Waals surface area contributed by atoms with Gasteiger partial charge in [-0.25, -0.2) is 8.42 Å². The first kappa shape index (κ1) is 23.9. The van der Waals surface area contributed by atoms with Crippen molar-refractivity contribution in [2.45, 2.75) is 21.3 Å². The third-order valence-electron chi connectivity index (χ3n) is 4.65. The zero-order valence-electron chi connectivity index (χ0n) is 18.2. The number of anilines is 2. The van der Waals surface area contributed by atoms with Crippen molar-refractivity contribution in [1.82, 2.24) is 0 Å². The SMILES string of the molecule is CC(Sc1ccc(NS(=O)(=O)c2cccs2)cc1)C(=O)Nc1ccc(Oc2ccccc2)cc1. The monoisotopic (exact) mass is 510 g/mol. The topological polar surface area (TPSA) is 84.5 Å². The highest BCUT2D eigenvalue weighted by atomic mass is 32.2. The van der Waals surface area contributed by atoms with Crippen LogP contribution in [0, 0.1) is 0 Å². The number of benzene rings is 3. The average molecular weight is 511 g/mol. The van der Waals surface area contributed by atoms with Gasteiger partial charge in [-0.15, -0.1) is 23.1 Å². The molecule has 34 heavy (non-hydrogen) atoms. The molecule has 0 bridgehead atoms. The molecule has 0 aliphatic heterocycles. The predicted octanol–water partition coefficient (Wildman–Crippen LogP) is 6.46. The van der Waals surface area contributed by atoms with Crippen LogP contribution in [0.15, 0.2) is 105 Å². The van der Waals surface area contributed by atoms with Crippen LogP contribution in [0.25, 0.3) is 0 Å². The zero-order valence-corrected chi connectivity index (χ0v) is 20.6. The minimum Gasteiger partial charge on any atom is -0.457 e. The highest BCUT2D eigenvalue weighted by molar-refractivity contribution is 8.00. The van der Waals surface area contributed by atoms with Crippen LogP contribution >= 0.6 is 23.1 Å². The average Bonchev–Trinajstić information content (AvgIpc) is 3.38. The van der Waals surface area contributed by atoms with Crippen molar-refractivity contribution in [3.63, 3.8) is 0 Å². The fourth-order valence-electron chi connectivity index (χ4n) is 2.96. The Morgan fingerprint density at radius 3 is 2.15 bits per heavy atom. The fraction of sp³-hybridized carbons (Fsp3) is 0.0800. The van der Waals surface area contributed by atoms with E-state index in [4.69, 9.17) is 4.74 Å². The van der Waals surface area contributed by atoms with Gasteiger partial charge in [0.2, 0.25) is 5.91 Å². The minimum absolute atomic E-state index is 0.135. The summed E-state index contributed by atoms with van der Waals surface area (Å²) in [5, 5.41) is 4.27. The molecule has 1 amide bonds. The maximum absolute atomic E-state index is 12.6. The molecular formula is C25H22N2O4S3. The molecule has 0 radical (unpaired) electrons. The Kier molecular flexibility index (Phi) is 7.56. The number of thiophene rings is 1. The maximum Gasteiger partial charge on any atom is 0.271 e. The number of amides is 1. The lowest BCUT2D eigenvalue weighted by Gasteiger charge is -2.13. The Morgan fingerprint density at radius 2 is 1.50 bits per heavy atom. The Bertz CT molecular complexity index is 1320. The van der Waals surface area contributed by atoms with E-state index in [1.807, 2.05) is 37.3 Å². The van der Waals surface area contributed by atoms with E-state index in [9.17, 15) is 13.2 Å². The van der Waals surface area contributed by atoms with Crippen LogP contribution in [0.5, 0.6) is 11.5 Å². The molecular weight excluding hydrogens is 488 g/mol. The first-order valence-corrected chi connectivity index (χ1v) is 13.6. The first-order chi connectivity index (χ1) is 16.4. The van der Waals surface area contributed by atoms with E-state index in [0.29, 0.717) is 17.1 Å². The molecule has 2 N–H and O–H groups in total. The molecule has 174 valence electrons. The maximum atomic E-state index is 12.6. The van der Waals surface area contributed by atoms with Crippen LogP contribution in [0.2, 0.25) is 0 Å². The second-order valence-electron chi connectivity index (χ2n) is 7.25. The normalized spacial score (nSPS) is 12.0. The lowest BCUT2D eigenvalue weighted by atomic mass is 10.3. The van der Waals surface area contributed by atoms with E-state index >= 15 is 0 Å². The van der Waals surface area contributed by atoms with E-state index in [2.05, 4.69) is 10.0 Å². The number of thioether (sulfide) groups is 1. The van der Waals surface area contributed by atoms with Crippen molar-refractivity contribution in [1.29, 1.82) is 0 Å². The van der Waals surface area contributed by atoms with E-state index in [1.54, 1.807) is 66.0 Å². The Labute approximate surface area is 207 Å². The molecule has 1 aromatic heterocycles. The molecule has 0 spiro atoms. The van der Waals surface area contributed by atoms with Crippen molar-refractivity contribution in [2.24, 2.45) is 0 Å². The van der Waals surface area contributed by atoms with Gasteiger partial charge in [0.25, 0.3) is 10.0 Å². The van der Waals surface area contributed by atoms with E-state index in [0.717, 1.165) is 22.0 Å². The summed E-state index contributed by atoms with van der Waals surface area (Å²) in [4.78, 5) is 13.5. The summed E-state index contributed by atoms with van der Waals surface area (Å²) >= 11 is 2.55. The van der Waals surface area contributed by atoms with Gasteiger partial charge < -0.3 is 10.1 Å². The van der Waals surface area contributed by atoms with Gasteiger partial charge >= 0.3 is 0 Å². The lowest BCUT2D eigenvalue weighted by Crippen LogP contribution is -2.22. The summed E-state index contributed by atoms with van der Waals surface area (Å²) in [5.74, 6) is 1.29. The number of carbonyl (C=O) groups excluding carboxylic acids is 1. The standard InChI is InChI=1S/C25H22N2O4S3/c1-18(25(28)26-19-9-13-22(14-10-19)31-21-6-3-2-4-7-21)33-23-15-11-20(12-16-23)27-34(29,30)24-8-5-17-32-24/h2-18,27H,1H3,(H,26,28). The zero-order chi connectivity index (χ0) is 24.0. The highest BCUT2D eigenvalue weighted by Crippen LogP contribution is 2.28. The third kappa shape index (κ3) is 6.40. The van der Waals surface area contributed by atoms with Crippen molar-refractivity contribution in [3.8, 4) is 11.5 Å². The first-order valence-electron chi connectivity index (χ1n) is 10.4. The van der Waals surface area contributed by atoms with Crippen LogP contribution in [0.1, 0.15) is 6.92 Å². The number of para-hydroxylation sites is 1. The van der Waals surface area contributed by atoms with Gasteiger partial charge in [0.15, 0.2) is 0 Å². The number of ether oxygens (including phenoxy) is 1. The van der Waals surface area contributed by atoms with Crippen molar-refractivity contribution >= 4 is 50.4 Å². The van der Waals surface area contributed by atoms with Gasteiger partial charge in [0.05, 0.1) is 5.25 Å². The van der Waals surface area contributed by atoms with Crippen molar-refractivity contribution < 1.29 is 17.9 Å². The quantitative estimate of drug-likeness (QED) is 0.252. The Hall–Kier alpha value is -3.27. The number of sulfonamides is 1. The molecule has 0 saturated heterocycles. The van der Waals surface area contributed by atoms with E-state index in [-0.39, 0.29) is 15.4 Å². The van der Waals surface area contributed by atoms with Crippen LogP contribution < -0.4 is 14.8 Å². The molecule has 3 aromatic carbocycles. The van der Waals surface area contributed by atoms with Crippen LogP contribution in [0.4, 0.5) is 11.4 Å². The number of hydrogen-bond acceptors (Lipinski definition) is 6. The Balaban J connectivity index is 1.30. The van der Waals surface area contributed by atoms with Gasteiger partial charge in [-0.1, -0.05) is 24.3 Å². The summed E-state index contributed by atoms with van der Waals surface area (Å²) in [5.41, 5.74) is 1.14. The smallest absolute Gasteiger partial charge is 0.271 e. The third-order valence-corrected chi connectivity index (χ3v) is 8.54. The number of rotatable bonds is 9. The summed E-state index contributed by atoms with van der Waals surface area (Å²) in [7, 11) is -3.59. The highest BCUT2D eigenvalue weighted by Gasteiger charge is 2.17. The molecule has 0 aliphatic carbocycles. The fourth-order valence-corrected chi connectivity index (χ4v) is 5.87. The number of nitrogens with one attached hydrogen (secondary N) is 2. The van der Waals surface area contributed by atoms with Crippen LogP contribution in [-0.2, 0) is 14.8 Å². The van der Waals surface area contributed by atoms with Gasteiger partial charge in [0, 0.05) is 16.3 Å². The predicted molar refractivity (Wildman–Crippen MR) is 138 cm³/mol. The molecule has 9 heteroatoms. The molecule has 4 rings (SSSR count). The van der Waals surface area contributed by atoms with Gasteiger partial charge in [-0.05, 0) is 79.0 Å². The molecule has 0 aliphatic rings. The van der Waals surface area contributed by atoms with Crippen molar-refractivity contribution in [3.05, 3.63) is 96.4 Å². The van der Waals surface area contributed by atoms with Crippen molar-refractivity contribution in [2.75, 3.05) is 10.0 Å². The number of hydrogen-bond donors (Lipinski definition) is 2. The van der Waals surface area contributed by atoms with Gasteiger partial charge in [-0.2, -0.15) is 0 Å². The van der Waals surface area contributed by atoms with Crippen LogP contribution in [0.3, 0.4) is 0 Å².